The number of primary amides is 1. The van der Waals surface area contributed by atoms with Gasteiger partial charge in [-0.25, -0.2) is 0 Å². The molecule has 0 unspecified atom stereocenters. The van der Waals surface area contributed by atoms with Gasteiger partial charge in [0.05, 0.1) is 10.5 Å². The Morgan fingerprint density at radius 1 is 1.47 bits per heavy atom. The number of hydrogen-bond donors (Lipinski definition) is 1. The van der Waals surface area contributed by atoms with Crippen molar-refractivity contribution in [1.29, 1.82) is 0 Å². The quantitative estimate of drug-likeness (QED) is 0.461. The molecule has 15 heavy (non-hydrogen) atoms. The van der Waals surface area contributed by atoms with Gasteiger partial charge in [-0.3, -0.25) is 14.9 Å². The lowest BCUT2D eigenvalue weighted by atomic mass is 10.1. The van der Waals surface area contributed by atoms with E-state index in [1.165, 1.54) is 19.1 Å². The van der Waals surface area contributed by atoms with Gasteiger partial charge in [0.2, 0.25) is 5.91 Å². The largest absolute Gasteiger partial charge is 0.366 e. The number of carbonyl (C=O) groups excluding carboxylic acids is 1. The van der Waals surface area contributed by atoms with Gasteiger partial charge in [-0.2, -0.15) is 0 Å². The van der Waals surface area contributed by atoms with Gasteiger partial charge in [0.15, 0.2) is 0 Å². The summed E-state index contributed by atoms with van der Waals surface area (Å²) in [6.07, 6.45) is 1.40. The molecule has 78 valence electrons. The molecule has 0 bridgehead atoms. The highest BCUT2D eigenvalue weighted by molar-refractivity contribution is 5.96. The second-order valence-electron chi connectivity index (χ2n) is 3.01. The molecular formula is C10H10N2O3. The summed E-state index contributed by atoms with van der Waals surface area (Å²) < 4.78 is 0. The van der Waals surface area contributed by atoms with Crippen molar-refractivity contribution in [3.63, 3.8) is 0 Å². The van der Waals surface area contributed by atoms with E-state index in [-0.39, 0.29) is 11.3 Å². The third kappa shape index (κ3) is 2.63. The average molecular weight is 206 g/mol. The summed E-state index contributed by atoms with van der Waals surface area (Å²) in [4.78, 5) is 20.9. The number of benzene rings is 1. The molecule has 5 heteroatoms. The molecule has 1 amide bonds. The Morgan fingerprint density at radius 2 is 2.07 bits per heavy atom. The van der Waals surface area contributed by atoms with Gasteiger partial charge in [0.25, 0.3) is 5.69 Å². The highest BCUT2D eigenvalue weighted by Crippen LogP contribution is 2.20. The van der Waals surface area contributed by atoms with Crippen molar-refractivity contribution in [3.05, 3.63) is 45.5 Å². The SMILES string of the molecule is CC(=Cc1ccccc1[N+](=O)[O-])C(N)=O. The highest BCUT2D eigenvalue weighted by Gasteiger charge is 2.10. The molecule has 0 fully saturated rings. The molecule has 1 aromatic rings. The van der Waals surface area contributed by atoms with Crippen LogP contribution in [0.4, 0.5) is 5.69 Å². The van der Waals surface area contributed by atoms with Gasteiger partial charge in [-0.1, -0.05) is 12.1 Å². The molecule has 2 N–H and O–H groups in total. The third-order valence-electron chi connectivity index (χ3n) is 1.89. The molecule has 0 aliphatic heterocycles. The lowest BCUT2D eigenvalue weighted by molar-refractivity contribution is -0.385. The van der Waals surface area contributed by atoms with Crippen LogP contribution in [0.25, 0.3) is 6.08 Å². The number of hydrogen-bond acceptors (Lipinski definition) is 3. The van der Waals surface area contributed by atoms with Gasteiger partial charge in [-0.05, 0) is 19.1 Å². The Morgan fingerprint density at radius 3 is 2.60 bits per heavy atom. The van der Waals surface area contributed by atoms with Crippen LogP contribution in [-0.4, -0.2) is 10.8 Å². The zero-order chi connectivity index (χ0) is 11.4. The minimum atomic E-state index is -0.590. The average Bonchev–Trinajstić information content (AvgIpc) is 2.18. The van der Waals surface area contributed by atoms with Crippen LogP contribution in [0.2, 0.25) is 0 Å². The summed E-state index contributed by atoms with van der Waals surface area (Å²) in [5.74, 6) is -0.590. The number of carbonyl (C=O) groups is 1. The van der Waals surface area contributed by atoms with Crippen LogP contribution in [0.15, 0.2) is 29.8 Å². The third-order valence-corrected chi connectivity index (χ3v) is 1.89. The van der Waals surface area contributed by atoms with Crippen molar-refractivity contribution in [1.82, 2.24) is 0 Å². The number of amides is 1. The van der Waals surface area contributed by atoms with Gasteiger partial charge >= 0.3 is 0 Å². The van der Waals surface area contributed by atoms with E-state index >= 15 is 0 Å². The summed E-state index contributed by atoms with van der Waals surface area (Å²) in [6, 6.07) is 6.16. The van der Waals surface area contributed by atoms with Crippen molar-refractivity contribution in [3.8, 4) is 0 Å². The lowest BCUT2D eigenvalue weighted by Crippen LogP contribution is -2.11. The maximum atomic E-state index is 10.8. The second-order valence-corrected chi connectivity index (χ2v) is 3.01. The lowest BCUT2D eigenvalue weighted by Gasteiger charge is -1.98. The summed E-state index contributed by atoms with van der Waals surface area (Å²) in [5, 5.41) is 10.6. The molecule has 0 aliphatic carbocycles. The molecule has 5 nitrogen and oxygen atoms in total. The molecule has 0 saturated heterocycles. The van der Waals surface area contributed by atoms with Crippen molar-refractivity contribution in [2.24, 2.45) is 5.73 Å². The number of nitrogens with two attached hydrogens (primary N) is 1. The summed E-state index contributed by atoms with van der Waals surface area (Å²) in [7, 11) is 0. The van der Waals surface area contributed by atoms with Crippen molar-refractivity contribution in [2.45, 2.75) is 6.92 Å². The van der Waals surface area contributed by atoms with Crippen LogP contribution in [0.1, 0.15) is 12.5 Å². The minimum Gasteiger partial charge on any atom is -0.366 e. The minimum absolute atomic E-state index is 0.0434. The standard InChI is InChI=1S/C10H10N2O3/c1-7(10(11)13)6-8-4-2-3-5-9(8)12(14)15/h2-6H,1H3,(H2,11,13). The van der Waals surface area contributed by atoms with E-state index in [9.17, 15) is 14.9 Å². The summed E-state index contributed by atoms with van der Waals surface area (Å²) in [6.45, 7) is 1.51. The first-order valence-electron chi connectivity index (χ1n) is 4.24. The molecule has 0 radical (unpaired) electrons. The zero-order valence-electron chi connectivity index (χ0n) is 8.14. The van der Waals surface area contributed by atoms with Gasteiger partial charge < -0.3 is 5.73 Å². The van der Waals surface area contributed by atoms with E-state index in [2.05, 4.69) is 0 Å². The summed E-state index contributed by atoms with van der Waals surface area (Å²) in [5.41, 5.74) is 5.65. The molecule has 0 heterocycles. The Bertz CT molecular complexity index is 438. The number of rotatable bonds is 3. The zero-order valence-corrected chi connectivity index (χ0v) is 8.14. The predicted molar refractivity (Wildman–Crippen MR) is 55.9 cm³/mol. The first-order chi connectivity index (χ1) is 7.02. The second kappa shape index (κ2) is 4.36. The highest BCUT2D eigenvalue weighted by atomic mass is 16.6. The van der Waals surface area contributed by atoms with Crippen LogP contribution in [0.3, 0.4) is 0 Å². The van der Waals surface area contributed by atoms with Crippen molar-refractivity contribution >= 4 is 17.7 Å². The molecule has 0 aromatic heterocycles. The fourth-order valence-corrected chi connectivity index (χ4v) is 1.08. The molecule has 0 atom stereocenters. The Kier molecular flexibility index (Phi) is 3.17. The van der Waals surface area contributed by atoms with E-state index in [4.69, 9.17) is 5.73 Å². The van der Waals surface area contributed by atoms with Gasteiger partial charge in [0.1, 0.15) is 0 Å². The molecule has 1 aromatic carbocycles. The van der Waals surface area contributed by atoms with Crippen LogP contribution in [-0.2, 0) is 4.79 Å². The van der Waals surface area contributed by atoms with E-state index in [0.717, 1.165) is 0 Å². The van der Waals surface area contributed by atoms with Crippen LogP contribution in [0.5, 0.6) is 0 Å². The first kappa shape index (κ1) is 10.9. The van der Waals surface area contributed by atoms with E-state index in [1.54, 1.807) is 18.2 Å². The topological polar surface area (TPSA) is 86.2 Å². The molecular weight excluding hydrogens is 196 g/mol. The summed E-state index contributed by atoms with van der Waals surface area (Å²) >= 11 is 0. The van der Waals surface area contributed by atoms with E-state index in [1.807, 2.05) is 0 Å². The maximum Gasteiger partial charge on any atom is 0.276 e. The maximum absolute atomic E-state index is 10.8. The van der Waals surface area contributed by atoms with Crippen LogP contribution < -0.4 is 5.73 Å². The van der Waals surface area contributed by atoms with Gasteiger partial charge in [0, 0.05) is 11.6 Å². The molecule has 0 saturated carbocycles. The smallest absolute Gasteiger partial charge is 0.276 e. The van der Waals surface area contributed by atoms with E-state index in [0.29, 0.717) is 5.56 Å². The number of nitro benzene ring substituents is 1. The fourth-order valence-electron chi connectivity index (χ4n) is 1.08. The van der Waals surface area contributed by atoms with Crippen molar-refractivity contribution < 1.29 is 9.72 Å². The van der Waals surface area contributed by atoms with Crippen molar-refractivity contribution in [2.75, 3.05) is 0 Å². The normalized spacial score (nSPS) is 11.1. The van der Waals surface area contributed by atoms with Crippen LogP contribution >= 0.6 is 0 Å². The monoisotopic (exact) mass is 206 g/mol. The molecule has 0 aliphatic rings. The van der Waals surface area contributed by atoms with Gasteiger partial charge in [-0.15, -0.1) is 0 Å². The fraction of sp³-hybridized carbons (Fsp3) is 0.100. The Balaban J connectivity index is 3.20. The first-order valence-corrected chi connectivity index (χ1v) is 4.24. The Hall–Kier alpha value is -2.17. The van der Waals surface area contributed by atoms with Crippen LogP contribution in [0, 0.1) is 10.1 Å². The molecule has 0 spiro atoms. The number of para-hydroxylation sites is 1. The van der Waals surface area contributed by atoms with E-state index < -0.39 is 10.8 Å². The number of nitro groups is 1. The Labute approximate surface area is 86.4 Å². The molecule has 1 rings (SSSR count). The number of nitrogens with zero attached hydrogens (tertiary/aromatic N) is 1. The predicted octanol–water partition coefficient (Wildman–Crippen LogP) is 1.48.